The van der Waals surface area contributed by atoms with Crippen LogP contribution in [0.2, 0.25) is 0 Å². The van der Waals surface area contributed by atoms with E-state index in [1.807, 2.05) is 11.3 Å². The van der Waals surface area contributed by atoms with Crippen LogP contribution in [-0.4, -0.2) is 0 Å². The van der Waals surface area contributed by atoms with Crippen molar-refractivity contribution in [3.63, 3.8) is 0 Å². The number of hydrogen-bond donors (Lipinski definition) is 0. The lowest BCUT2D eigenvalue weighted by atomic mass is 9.75. The number of fused-ring (bicyclic) bond motifs is 6. The molecule has 0 spiro atoms. The molecule has 9 aromatic rings. The maximum atomic E-state index is 2.46. The van der Waals surface area contributed by atoms with Gasteiger partial charge in [0.1, 0.15) is 0 Å². The molecule has 0 saturated carbocycles. The summed E-state index contributed by atoms with van der Waals surface area (Å²) in [4.78, 5) is 0. The SMILES string of the molecule is c1ccc(C(Cc2cccc(-c3cccc(-c4ccc5c(c4)-c4ccccc4C(c4ccc6sc7ccccc7c6c4)C5)c3)c2)c2ccccc2)cc1. The van der Waals surface area contributed by atoms with Gasteiger partial charge in [-0.15, -0.1) is 11.3 Å². The van der Waals surface area contributed by atoms with Crippen LogP contribution in [0.4, 0.5) is 0 Å². The minimum atomic E-state index is 0.301. The van der Waals surface area contributed by atoms with Crippen LogP contribution in [0.5, 0.6) is 0 Å². The van der Waals surface area contributed by atoms with Crippen molar-refractivity contribution in [3.05, 3.63) is 228 Å². The van der Waals surface area contributed by atoms with Crippen LogP contribution in [0.15, 0.2) is 194 Å². The summed E-state index contributed by atoms with van der Waals surface area (Å²) in [5.41, 5.74) is 16.0. The van der Waals surface area contributed by atoms with Gasteiger partial charge in [-0.2, -0.15) is 0 Å². The Kier molecular flexibility index (Phi) is 8.08. The standard InChI is InChI=1S/C52H38S/c1-3-14-36(15-4-1)47(37-16-5-2-6-17-37)30-35-13-11-18-38(29-35)39-19-12-20-40(31-39)41-25-26-42-33-49(45-22-8-7-21-44(45)48(42)32-41)43-27-28-52-50(34-43)46-23-9-10-24-51(46)53-52/h1-29,31-32,34,47,49H,30,33H2. The Hall–Kier alpha value is -6.02. The van der Waals surface area contributed by atoms with Crippen LogP contribution in [-0.2, 0) is 12.8 Å². The molecule has 53 heavy (non-hydrogen) atoms. The lowest BCUT2D eigenvalue weighted by Gasteiger charge is -2.29. The smallest absolute Gasteiger partial charge is 0.0355 e. The minimum absolute atomic E-state index is 0.301. The Balaban J connectivity index is 0.965. The molecule has 0 fully saturated rings. The van der Waals surface area contributed by atoms with Crippen molar-refractivity contribution >= 4 is 31.5 Å². The van der Waals surface area contributed by atoms with Gasteiger partial charge in [-0.3, -0.25) is 0 Å². The molecule has 0 radical (unpaired) electrons. The highest BCUT2D eigenvalue weighted by atomic mass is 32.1. The Labute approximate surface area is 315 Å². The molecular weight excluding hydrogens is 657 g/mol. The Bertz CT molecular complexity index is 2700. The van der Waals surface area contributed by atoms with Crippen LogP contribution in [0, 0.1) is 0 Å². The quantitative estimate of drug-likeness (QED) is 0.156. The third-order valence-corrected chi connectivity index (χ3v) is 12.4. The van der Waals surface area contributed by atoms with Gasteiger partial charge in [0, 0.05) is 32.0 Å². The van der Waals surface area contributed by atoms with E-state index in [0.29, 0.717) is 11.8 Å². The summed E-state index contributed by atoms with van der Waals surface area (Å²) >= 11 is 1.89. The molecule has 0 nitrogen and oxygen atoms in total. The predicted octanol–water partition coefficient (Wildman–Crippen LogP) is 14.1. The van der Waals surface area contributed by atoms with Crippen LogP contribution in [0.3, 0.4) is 0 Å². The van der Waals surface area contributed by atoms with Gasteiger partial charge in [0.15, 0.2) is 0 Å². The van der Waals surface area contributed by atoms with E-state index in [1.54, 1.807) is 0 Å². The van der Waals surface area contributed by atoms with E-state index < -0.39 is 0 Å². The van der Waals surface area contributed by atoms with Crippen LogP contribution < -0.4 is 0 Å². The molecule has 1 heteroatoms. The first-order valence-corrected chi connectivity index (χ1v) is 19.5. The molecule has 1 unspecified atom stereocenters. The fourth-order valence-corrected chi connectivity index (χ4v) is 9.70. The topological polar surface area (TPSA) is 0 Å². The normalized spacial score (nSPS) is 13.6. The zero-order valence-electron chi connectivity index (χ0n) is 29.5. The highest BCUT2D eigenvalue weighted by Gasteiger charge is 2.27. The maximum absolute atomic E-state index is 2.46. The van der Waals surface area contributed by atoms with Gasteiger partial charge in [-0.1, -0.05) is 164 Å². The largest absolute Gasteiger partial charge is 0.135 e. The highest BCUT2D eigenvalue weighted by Crippen LogP contribution is 2.45. The second-order valence-electron chi connectivity index (χ2n) is 14.4. The molecular formula is C52H38S. The molecule has 0 bridgehead atoms. The van der Waals surface area contributed by atoms with Crippen molar-refractivity contribution in [3.8, 4) is 33.4 Å². The van der Waals surface area contributed by atoms with Gasteiger partial charge in [-0.05, 0) is 110 Å². The fraction of sp³-hybridized carbons (Fsp3) is 0.0769. The summed E-state index contributed by atoms with van der Waals surface area (Å²) in [7, 11) is 0. The predicted molar refractivity (Wildman–Crippen MR) is 226 cm³/mol. The summed E-state index contributed by atoms with van der Waals surface area (Å²) in [5.74, 6) is 0.627. The lowest BCUT2D eigenvalue weighted by molar-refractivity contribution is 0.795. The molecule has 1 heterocycles. The van der Waals surface area contributed by atoms with Crippen LogP contribution in [0.25, 0.3) is 53.6 Å². The van der Waals surface area contributed by atoms with Crippen molar-refractivity contribution in [2.75, 3.05) is 0 Å². The highest BCUT2D eigenvalue weighted by molar-refractivity contribution is 7.25. The second kappa shape index (κ2) is 13.5. The zero-order valence-corrected chi connectivity index (χ0v) is 30.3. The van der Waals surface area contributed by atoms with Crippen molar-refractivity contribution < 1.29 is 0 Å². The number of hydrogen-bond acceptors (Lipinski definition) is 1. The first-order valence-electron chi connectivity index (χ1n) is 18.7. The molecule has 1 aliphatic rings. The van der Waals surface area contributed by atoms with E-state index >= 15 is 0 Å². The molecule has 0 N–H and O–H groups in total. The first-order chi connectivity index (χ1) is 26.2. The molecule has 8 aromatic carbocycles. The van der Waals surface area contributed by atoms with E-state index in [4.69, 9.17) is 0 Å². The molecule has 1 aliphatic carbocycles. The monoisotopic (exact) mass is 694 g/mol. The molecule has 252 valence electrons. The Morgan fingerprint density at radius 1 is 0.453 bits per heavy atom. The van der Waals surface area contributed by atoms with Crippen molar-refractivity contribution in [2.45, 2.75) is 24.7 Å². The van der Waals surface area contributed by atoms with Gasteiger partial charge in [-0.25, -0.2) is 0 Å². The summed E-state index contributed by atoms with van der Waals surface area (Å²) < 4.78 is 2.72. The first kappa shape index (κ1) is 31.7. The van der Waals surface area contributed by atoms with Crippen LogP contribution in [0.1, 0.15) is 45.2 Å². The molecule has 1 aromatic heterocycles. The zero-order chi connectivity index (χ0) is 35.1. The van der Waals surface area contributed by atoms with Gasteiger partial charge < -0.3 is 0 Å². The molecule has 1 atom stereocenters. The molecule has 0 aliphatic heterocycles. The summed E-state index contributed by atoms with van der Waals surface area (Å²) in [6, 6.07) is 72.2. The number of benzene rings is 8. The minimum Gasteiger partial charge on any atom is -0.135 e. The molecule has 0 amide bonds. The third kappa shape index (κ3) is 5.98. The van der Waals surface area contributed by atoms with Crippen molar-refractivity contribution in [1.82, 2.24) is 0 Å². The van der Waals surface area contributed by atoms with E-state index in [-0.39, 0.29) is 0 Å². The average molecular weight is 695 g/mol. The summed E-state index contributed by atoms with van der Waals surface area (Å²) in [5, 5.41) is 2.74. The fourth-order valence-electron chi connectivity index (χ4n) is 8.61. The average Bonchev–Trinajstić information content (AvgIpc) is 3.61. The summed E-state index contributed by atoms with van der Waals surface area (Å²) in [6.45, 7) is 0. The van der Waals surface area contributed by atoms with E-state index in [0.717, 1.165) is 12.8 Å². The third-order valence-electron chi connectivity index (χ3n) is 11.3. The molecule has 10 rings (SSSR count). The Morgan fingerprint density at radius 2 is 1.09 bits per heavy atom. The second-order valence-corrected chi connectivity index (χ2v) is 15.5. The van der Waals surface area contributed by atoms with Gasteiger partial charge >= 0.3 is 0 Å². The van der Waals surface area contributed by atoms with E-state index in [2.05, 4.69) is 194 Å². The van der Waals surface area contributed by atoms with Gasteiger partial charge in [0.05, 0.1) is 0 Å². The van der Waals surface area contributed by atoms with E-state index in [9.17, 15) is 0 Å². The van der Waals surface area contributed by atoms with E-state index in [1.165, 1.54) is 86.9 Å². The number of thiophene rings is 1. The van der Waals surface area contributed by atoms with Crippen molar-refractivity contribution in [2.24, 2.45) is 0 Å². The van der Waals surface area contributed by atoms with Gasteiger partial charge in [0.2, 0.25) is 0 Å². The van der Waals surface area contributed by atoms with Crippen molar-refractivity contribution in [1.29, 1.82) is 0 Å². The Morgan fingerprint density at radius 3 is 1.89 bits per heavy atom. The maximum Gasteiger partial charge on any atom is 0.0355 e. The van der Waals surface area contributed by atoms with Crippen LogP contribution >= 0.6 is 11.3 Å². The summed E-state index contributed by atoms with van der Waals surface area (Å²) in [6.07, 6.45) is 1.95. The lowest BCUT2D eigenvalue weighted by Crippen LogP contribution is -2.12. The molecule has 0 saturated heterocycles. The van der Waals surface area contributed by atoms with Gasteiger partial charge in [0.25, 0.3) is 0 Å². The number of rotatable bonds is 7.